The lowest BCUT2D eigenvalue weighted by atomic mass is 10.2. The van der Waals surface area contributed by atoms with E-state index in [0.717, 1.165) is 6.42 Å². The summed E-state index contributed by atoms with van der Waals surface area (Å²) in [5.41, 5.74) is -0.212. The van der Waals surface area contributed by atoms with Gasteiger partial charge in [-0.05, 0) is 27.3 Å². The molecule has 5 nitrogen and oxygen atoms in total. The molecule has 1 aromatic heterocycles. The molecular weight excluding hydrogens is 266 g/mol. The van der Waals surface area contributed by atoms with E-state index in [2.05, 4.69) is 23.7 Å². The first-order valence-electron chi connectivity index (χ1n) is 6.60. The first kappa shape index (κ1) is 16.0. The van der Waals surface area contributed by atoms with Crippen LogP contribution in [-0.4, -0.2) is 34.1 Å². The van der Waals surface area contributed by atoms with Gasteiger partial charge in [0.1, 0.15) is 5.15 Å². The average molecular weight is 288 g/mol. The van der Waals surface area contributed by atoms with Crippen LogP contribution >= 0.6 is 11.6 Å². The average Bonchev–Trinajstić information content (AvgIpc) is 2.33. The molecule has 0 saturated heterocycles. The fraction of sp³-hybridized carbons (Fsp3) is 0.692. The van der Waals surface area contributed by atoms with E-state index in [9.17, 15) is 9.59 Å². The van der Waals surface area contributed by atoms with E-state index < -0.39 is 5.69 Å². The Hall–Kier alpha value is -1.07. The van der Waals surface area contributed by atoms with Crippen LogP contribution in [0.3, 0.4) is 0 Å². The topological polar surface area (TPSA) is 58.1 Å². The van der Waals surface area contributed by atoms with E-state index in [1.807, 2.05) is 14.0 Å². The van der Waals surface area contributed by atoms with Crippen molar-refractivity contribution >= 4 is 11.6 Å². The number of halogens is 1. The lowest BCUT2D eigenvalue weighted by Crippen LogP contribution is -2.41. The summed E-state index contributed by atoms with van der Waals surface area (Å²) in [7, 11) is 1.97. The maximum atomic E-state index is 12.2. The Kier molecular flexibility index (Phi) is 5.82. The SMILES string of the molecule is CCCc1c(Cl)[nH]c(=O)n(CCN(C)C(C)C)c1=O. The van der Waals surface area contributed by atoms with Crippen LogP contribution in [0.2, 0.25) is 5.15 Å². The van der Waals surface area contributed by atoms with Gasteiger partial charge in [-0.2, -0.15) is 0 Å². The summed E-state index contributed by atoms with van der Waals surface area (Å²) in [6.07, 6.45) is 1.39. The normalized spacial score (nSPS) is 11.5. The second-order valence-corrected chi connectivity index (χ2v) is 5.38. The molecule has 0 aliphatic carbocycles. The minimum Gasteiger partial charge on any atom is -0.302 e. The number of hydrogen-bond acceptors (Lipinski definition) is 3. The summed E-state index contributed by atoms with van der Waals surface area (Å²) >= 11 is 5.92. The molecule has 0 saturated carbocycles. The van der Waals surface area contributed by atoms with Crippen LogP contribution in [0.5, 0.6) is 0 Å². The van der Waals surface area contributed by atoms with E-state index in [-0.39, 0.29) is 10.7 Å². The summed E-state index contributed by atoms with van der Waals surface area (Å²) in [5, 5.41) is 0.172. The van der Waals surface area contributed by atoms with E-state index in [4.69, 9.17) is 11.6 Å². The highest BCUT2D eigenvalue weighted by atomic mass is 35.5. The van der Waals surface area contributed by atoms with Crippen LogP contribution in [0.25, 0.3) is 0 Å². The molecular formula is C13H22ClN3O2. The van der Waals surface area contributed by atoms with E-state index in [1.165, 1.54) is 4.57 Å². The molecule has 1 N–H and O–H groups in total. The molecule has 108 valence electrons. The van der Waals surface area contributed by atoms with Gasteiger partial charge in [0.15, 0.2) is 0 Å². The molecule has 0 amide bonds. The summed E-state index contributed by atoms with van der Waals surface area (Å²) in [4.78, 5) is 28.7. The van der Waals surface area contributed by atoms with Gasteiger partial charge in [-0.15, -0.1) is 0 Å². The lowest BCUT2D eigenvalue weighted by molar-refractivity contribution is 0.260. The quantitative estimate of drug-likeness (QED) is 0.807. The van der Waals surface area contributed by atoms with Crippen LogP contribution in [0.4, 0.5) is 0 Å². The molecule has 1 heterocycles. The first-order valence-corrected chi connectivity index (χ1v) is 6.98. The van der Waals surface area contributed by atoms with Crippen molar-refractivity contribution < 1.29 is 0 Å². The monoisotopic (exact) mass is 287 g/mol. The zero-order chi connectivity index (χ0) is 14.6. The highest BCUT2D eigenvalue weighted by Crippen LogP contribution is 2.07. The number of H-pyrrole nitrogens is 1. The predicted molar refractivity (Wildman–Crippen MR) is 78.1 cm³/mol. The Bertz CT molecular complexity index is 534. The number of aromatic nitrogens is 2. The Balaban J connectivity index is 3.04. The minimum atomic E-state index is -0.438. The van der Waals surface area contributed by atoms with Crippen molar-refractivity contribution in [3.8, 4) is 0 Å². The van der Waals surface area contributed by atoms with Crippen molar-refractivity contribution in [2.45, 2.75) is 46.2 Å². The van der Waals surface area contributed by atoms with Gasteiger partial charge in [0.2, 0.25) is 0 Å². The number of nitrogens with one attached hydrogen (secondary N) is 1. The number of aromatic amines is 1. The third-order valence-electron chi connectivity index (χ3n) is 3.29. The predicted octanol–water partition coefficient (Wildman–Crippen LogP) is 1.48. The van der Waals surface area contributed by atoms with Crippen LogP contribution in [0.15, 0.2) is 9.59 Å². The van der Waals surface area contributed by atoms with Crippen molar-refractivity contribution in [2.24, 2.45) is 0 Å². The fourth-order valence-electron chi connectivity index (χ4n) is 1.77. The zero-order valence-electron chi connectivity index (χ0n) is 12.0. The van der Waals surface area contributed by atoms with Crippen molar-refractivity contribution in [3.05, 3.63) is 31.6 Å². The summed E-state index contributed by atoms with van der Waals surface area (Å²) in [5.74, 6) is 0. The largest absolute Gasteiger partial charge is 0.329 e. The van der Waals surface area contributed by atoms with Crippen molar-refractivity contribution in [1.82, 2.24) is 14.5 Å². The van der Waals surface area contributed by atoms with Gasteiger partial charge in [0.05, 0.1) is 5.56 Å². The maximum absolute atomic E-state index is 12.2. The van der Waals surface area contributed by atoms with E-state index >= 15 is 0 Å². The Morgan fingerprint density at radius 3 is 2.53 bits per heavy atom. The van der Waals surface area contributed by atoms with Crippen LogP contribution in [0.1, 0.15) is 32.8 Å². The van der Waals surface area contributed by atoms with E-state index in [1.54, 1.807) is 0 Å². The fourth-order valence-corrected chi connectivity index (χ4v) is 2.03. The highest BCUT2D eigenvalue weighted by Gasteiger charge is 2.12. The van der Waals surface area contributed by atoms with Gasteiger partial charge in [0, 0.05) is 19.1 Å². The molecule has 0 unspecified atom stereocenters. The van der Waals surface area contributed by atoms with Gasteiger partial charge >= 0.3 is 5.69 Å². The van der Waals surface area contributed by atoms with Gasteiger partial charge < -0.3 is 4.90 Å². The number of rotatable bonds is 6. The molecule has 0 radical (unpaired) electrons. The number of nitrogens with zero attached hydrogens (tertiary/aromatic N) is 2. The molecule has 6 heteroatoms. The smallest absolute Gasteiger partial charge is 0.302 e. The van der Waals surface area contributed by atoms with Crippen LogP contribution in [-0.2, 0) is 13.0 Å². The zero-order valence-corrected chi connectivity index (χ0v) is 12.8. The maximum Gasteiger partial charge on any atom is 0.329 e. The van der Waals surface area contributed by atoms with Gasteiger partial charge in [-0.3, -0.25) is 14.3 Å². The Labute approximate surface area is 118 Å². The van der Waals surface area contributed by atoms with Gasteiger partial charge in [0.25, 0.3) is 5.56 Å². The lowest BCUT2D eigenvalue weighted by Gasteiger charge is -2.21. The molecule has 0 aliphatic rings. The van der Waals surface area contributed by atoms with Crippen molar-refractivity contribution in [3.63, 3.8) is 0 Å². The molecule has 0 bridgehead atoms. The summed E-state index contributed by atoms with van der Waals surface area (Å²) in [6, 6.07) is 0.372. The molecule has 1 rings (SSSR count). The highest BCUT2D eigenvalue weighted by molar-refractivity contribution is 6.30. The molecule has 0 spiro atoms. The van der Waals surface area contributed by atoms with Crippen molar-refractivity contribution in [1.29, 1.82) is 0 Å². The number of likely N-dealkylation sites (N-methyl/N-ethyl adjacent to an activating group) is 1. The van der Waals surface area contributed by atoms with Gasteiger partial charge in [-0.1, -0.05) is 24.9 Å². The van der Waals surface area contributed by atoms with Crippen molar-refractivity contribution in [2.75, 3.05) is 13.6 Å². The number of hydrogen-bond donors (Lipinski definition) is 1. The van der Waals surface area contributed by atoms with Gasteiger partial charge in [-0.25, -0.2) is 4.79 Å². The second kappa shape index (κ2) is 6.91. The molecule has 19 heavy (non-hydrogen) atoms. The molecule has 0 aromatic carbocycles. The Morgan fingerprint density at radius 1 is 1.37 bits per heavy atom. The standard InChI is InChI=1S/C13H22ClN3O2/c1-5-6-10-11(14)15-13(19)17(12(10)18)8-7-16(4)9(2)3/h9H,5-8H2,1-4H3,(H,15,19). The summed E-state index contributed by atoms with van der Waals surface area (Å²) < 4.78 is 1.23. The van der Waals surface area contributed by atoms with E-state index in [0.29, 0.717) is 31.1 Å². The van der Waals surface area contributed by atoms with Crippen LogP contribution in [0, 0.1) is 0 Å². The Morgan fingerprint density at radius 2 is 2.00 bits per heavy atom. The molecule has 0 atom stereocenters. The second-order valence-electron chi connectivity index (χ2n) is 5.00. The third-order valence-corrected chi connectivity index (χ3v) is 3.61. The van der Waals surface area contributed by atoms with Crippen LogP contribution < -0.4 is 11.2 Å². The molecule has 0 fully saturated rings. The first-order chi connectivity index (χ1) is 8.88. The molecule has 1 aromatic rings. The third kappa shape index (κ3) is 3.94. The minimum absolute atomic E-state index is 0.172. The molecule has 0 aliphatic heterocycles. The summed E-state index contributed by atoms with van der Waals surface area (Å²) in [6.45, 7) is 7.12.